The third-order valence-corrected chi connectivity index (χ3v) is 3.87. The van der Waals surface area contributed by atoms with Gasteiger partial charge in [0.2, 0.25) is 5.91 Å². The summed E-state index contributed by atoms with van der Waals surface area (Å²) >= 11 is 0. The van der Waals surface area contributed by atoms with Gasteiger partial charge in [0.05, 0.1) is 6.10 Å². The maximum absolute atomic E-state index is 11.8. The van der Waals surface area contributed by atoms with Crippen molar-refractivity contribution in [1.29, 1.82) is 0 Å². The van der Waals surface area contributed by atoms with Crippen LogP contribution < -0.4 is 5.32 Å². The lowest BCUT2D eigenvalue weighted by atomic mass is 9.83. The smallest absolute Gasteiger partial charge is 0.220 e. The minimum atomic E-state index is -0.514. The van der Waals surface area contributed by atoms with Gasteiger partial charge in [-0.1, -0.05) is 36.8 Å². The van der Waals surface area contributed by atoms with Crippen LogP contribution in [0.1, 0.15) is 50.7 Å². The second-order valence-electron chi connectivity index (χ2n) is 5.63. The predicted octanol–water partition coefficient (Wildman–Crippen LogP) is 2.81. The molecule has 0 aliphatic heterocycles. The van der Waals surface area contributed by atoms with Gasteiger partial charge in [0, 0.05) is 12.5 Å². The molecule has 3 heteroatoms. The van der Waals surface area contributed by atoms with Crippen molar-refractivity contribution in [3.63, 3.8) is 0 Å². The largest absolute Gasteiger partial charge is 0.388 e. The van der Waals surface area contributed by atoms with Crippen molar-refractivity contribution >= 4 is 5.91 Å². The SMILES string of the molecule is CC(CC(O)c1ccccc1)NC(=O)CC1CCC1. The highest BCUT2D eigenvalue weighted by Crippen LogP contribution is 2.29. The normalized spacial score (nSPS) is 18.4. The van der Waals surface area contributed by atoms with Crippen molar-refractivity contribution in [2.45, 2.75) is 51.2 Å². The number of carbonyl (C=O) groups is 1. The molecule has 2 atom stereocenters. The highest BCUT2D eigenvalue weighted by Gasteiger charge is 2.21. The average Bonchev–Trinajstić information content (AvgIpc) is 2.35. The maximum atomic E-state index is 11.8. The van der Waals surface area contributed by atoms with Crippen molar-refractivity contribution < 1.29 is 9.90 Å². The van der Waals surface area contributed by atoms with E-state index in [2.05, 4.69) is 5.32 Å². The Morgan fingerprint density at radius 2 is 2.05 bits per heavy atom. The Kier molecular flexibility index (Phi) is 4.97. The summed E-state index contributed by atoms with van der Waals surface area (Å²) in [5, 5.41) is 13.1. The van der Waals surface area contributed by atoms with Crippen molar-refractivity contribution in [1.82, 2.24) is 5.32 Å². The Morgan fingerprint density at radius 1 is 1.37 bits per heavy atom. The summed E-state index contributed by atoms with van der Waals surface area (Å²) in [6.07, 6.45) is 4.33. The monoisotopic (exact) mass is 261 g/mol. The molecule has 1 saturated carbocycles. The lowest BCUT2D eigenvalue weighted by molar-refractivity contribution is -0.123. The minimum Gasteiger partial charge on any atom is -0.388 e. The van der Waals surface area contributed by atoms with Gasteiger partial charge in [0.25, 0.3) is 0 Å². The zero-order valence-electron chi connectivity index (χ0n) is 11.5. The van der Waals surface area contributed by atoms with E-state index in [1.807, 2.05) is 37.3 Å². The minimum absolute atomic E-state index is 0.00258. The molecule has 2 rings (SSSR count). The van der Waals surface area contributed by atoms with Crippen molar-refractivity contribution in [3.8, 4) is 0 Å². The van der Waals surface area contributed by atoms with E-state index in [1.54, 1.807) is 0 Å². The maximum Gasteiger partial charge on any atom is 0.220 e. The van der Waals surface area contributed by atoms with Gasteiger partial charge in [-0.15, -0.1) is 0 Å². The Morgan fingerprint density at radius 3 is 2.63 bits per heavy atom. The first-order valence-electron chi connectivity index (χ1n) is 7.17. The van der Waals surface area contributed by atoms with Gasteiger partial charge in [-0.2, -0.15) is 0 Å². The van der Waals surface area contributed by atoms with Crippen LogP contribution in [0.4, 0.5) is 0 Å². The van der Waals surface area contributed by atoms with E-state index in [9.17, 15) is 9.90 Å². The lowest BCUT2D eigenvalue weighted by Gasteiger charge is -2.25. The van der Waals surface area contributed by atoms with Gasteiger partial charge in [0.15, 0.2) is 0 Å². The Labute approximate surface area is 115 Å². The number of benzene rings is 1. The molecule has 1 fully saturated rings. The standard InChI is InChI=1S/C16H23NO2/c1-12(17-16(19)11-13-6-5-7-13)10-15(18)14-8-3-2-4-9-14/h2-4,8-9,12-13,15,18H,5-7,10-11H2,1H3,(H,17,19). The molecule has 1 aliphatic rings. The van der Waals surface area contributed by atoms with Crippen LogP contribution in [0.3, 0.4) is 0 Å². The van der Waals surface area contributed by atoms with Crippen LogP contribution in [0.15, 0.2) is 30.3 Å². The first kappa shape index (κ1) is 14.1. The number of aliphatic hydroxyl groups excluding tert-OH is 1. The molecule has 1 amide bonds. The highest BCUT2D eigenvalue weighted by atomic mass is 16.3. The summed E-state index contributed by atoms with van der Waals surface area (Å²) in [5.41, 5.74) is 0.905. The van der Waals surface area contributed by atoms with E-state index in [0.717, 1.165) is 5.56 Å². The number of aliphatic hydroxyl groups is 1. The van der Waals surface area contributed by atoms with Gasteiger partial charge in [0.1, 0.15) is 0 Å². The molecule has 2 N–H and O–H groups in total. The average molecular weight is 261 g/mol. The van der Waals surface area contributed by atoms with Crippen molar-refractivity contribution in [3.05, 3.63) is 35.9 Å². The van der Waals surface area contributed by atoms with Gasteiger partial charge < -0.3 is 10.4 Å². The zero-order chi connectivity index (χ0) is 13.7. The highest BCUT2D eigenvalue weighted by molar-refractivity contribution is 5.76. The molecule has 1 aromatic carbocycles. The zero-order valence-corrected chi connectivity index (χ0v) is 11.5. The fourth-order valence-corrected chi connectivity index (χ4v) is 2.50. The number of carbonyl (C=O) groups excluding carboxylic acids is 1. The van der Waals surface area contributed by atoms with Gasteiger partial charge >= 0.3 is 0 Å². The van der Waals surface area contributed by atoms with Crippen LogP contribution >= 0.6 is 0 Å². The molecule has 19 heavy (non-hydrogen) atoms. The molecule has 0 bridgehead atoms. The molecule has 1 aromatic rings. The summed E-state index contributed by atoms with van der Waals surface area (Å²) < 4.78 is 0. The summed E-state index contributed by atoms with van der Waals surface area (Å²) in [7, 11) is 0. The number of rotatable bonds is 6. The first-order valence-corrected chi connectivity index (χ1v) is 7.17. The van der Waals surface area contributed by atoms with E-state index >= 15 is 0 Å². The van der Waals surface area contributed by atoms with Crippen molar-refractivity contribution in [2.24, 2.45) is 5.92 Å². The molecule has 104 valence electrons. The number of amides is 1. The van der Waals surface area contributed by atoms with Crippen LogP contribution in [-0.2, 0) is 4.79 Å². The number of nitrogens with one attached hydrogen (secondary N) is 1. The molecule has 2 unspecified atom stereocenters. The summed E-state index contributed by atoms with van der Waals surface area (Å²) in [6, 6.07) is 9.58. The fraction of sp³-hybridized carbons (Fsp3) is 0.562. The Balaban J connectivity index is 1.74. The molecule has 3 nitrogen and oxygen atoms in total. The second-order valence-corrected chi connectivity index (χ2v) is 5.63. The van der Waals surface area contributed by atoms with Crippen LogP contribution in [0.5, 0.6) is 0 Å². The van der Waals surface area contributed by atoms with Crippen LogP contribution in [0, 0.1) is 5.92 Å². The van der Waals surface area contributed by atoms with Crippen molar-refractivity contribution in [2.75, 3.05) is 0 Å². The molecular formula is C16H23NO2. The first-order chi connectivity index (χ1) is 9.15. The molecule has 0 saturated heterocycles. The fourth-order valence-electron chi connectivity index (χ4n) is 2.50. The molecule has 1 aliphatic carbocycles. The van der Waals surface area contributed by atoms with E-state index in [1.165, 1.54) is 19.3 Å². The quantitative estimate of drug-likeness (QED) is 0.827. The summed E-state index contributed by atoms with van der Waals surface area (Å²) in [4.78, 5) is 11.8. The molecule has 0 spiro atoms. The third-order valence-electron chi connectivity index (χ3n) is 3.87. The van der Waals surface area contributed by atoms with Gasteiger partial charge in [-0.3, -0.25) is 4.79 Å². The van der Waals surface area contributed by atoms with E-state index in [-0.39, 0.29) is 11.9 Å². The number of hydrogen-bond acceptors (Lipinski definition) is 2. The predicted molar refractivity (Wildman–Crippen MR) is 75.6 cm³/mol. The number of hydrogen-bond donors (Lipinski definition) is 2. The Bertz CT molecular complexity index is 400. The van der Waals surface area contributed by atoms with Crippen LogP contribution in [-0.4, -0.2) is 17.1 Å². The van der Waals surface area contributed by atoms with Crippen LogP contribution in [0.25, 0.3) is 0 Å². The van der Waals surface area contributed by atoms with E-state index in [4.69, 9.17) is 0 Å². The molecular weight excluding hydrogens is 238 g/mol. The summed E-state index contributed by atoms with van der Waals surface area (Å²) in [6.45, 7) is 1.95. The van der Waals surface area contributed by atoms with Gasteiger partial charge in [-0.05, 0) is 37.7 Å². The Hall–Kier alpha value is -1.35. The van der Waals surface area contributed by atoms with E-state index in [0.29, 0.717) is 18.8 Å². The molecule has 0 heterocycles. The van der Waals surface area contributed by atoms with Crippen LogP contribution in [0.2, 0.25) is 0 Å². The third kappa shape index (κ3) is 4.35. The van der Waals surface area contributed by atoms with E-state index < -0.39 is 6.10 Å². The lowest BCUT2D eigenvalue weighted by Crippen LogP contribution is -2.35. The molecule has 0 aromatic heterocycles. The molecule has 0 radical (unpaired) electrons. The second kappa shape index (κ2) is 6.71. The van der Waals surface area contributed by atoms with Gasteiger partial charge in [-0.25, -0.2) is 0 Å². The summed E-state index contributed by atoms with van der Waals surface area (Å²) in [5.74, 6) is 0.712. The topological polar surface area (TPSA) is 49.3 Å².